The van der Waals surface area contributed by atoms with Gasteiger partial charge in [-0.05, 0) is 44.1 Å². The highest BCUT2D eigenvalue weighted by Gasteiger charge is 2.22. The Morgan fingerprint density at radius 2 is 2.07 bits per heavy atom. The minimum absolute atomic E-state index is 0.914. The Labute approximate surface area is 90.9 Å². The molecule has 0 bridgehead atoms. The van der Waals surface area contributed by atoms with Crippen molar-refractivity contribution in [2.75, 3.05) is 6.54 Å². The number of rotatable bonds is 6. The van der Waals surface area contributed by atoms with E-state index in [4.69, 9.17) is 0 Å². The van der Waals surface area contributed by atoms with Crippen molar-refractivity contribution in [2.24, 2.45) is 11.8 Å². The SMILES string of the molecule is c1nn(CC2CC2)cc1CNCC1CC1. The Morgan fingerprint density at radius 3 is 2.80 bits per heavy atom. The maximum Gasteiger partial charge on any atom is 0.0534 e. The minimum atomic E-state index is 0.914. The molecule has 1 heterocycles. The Bertz CT molecular complexity index is 323. The van der Waals surface area contributed by atoms with Crippen LogP contribution in [0.5, 0.6) is 0 Å². The highest BCUT2D eigenvalue weighted by atomic mass is 15.3. The van der Waals surface area contributed by atoms with E-state index >= 15 is 0 Å². The third-order valence-electron chi connectivity index (χ3n) is 3.29. The van der Waals surface area contributed by atoms with Gasteiger partial charge in [-0.3, -0.25) is 4.68 Å². The van der Waals surface area contributed by atoms with Crippen molar-refractivity contribution in [1.82, 2.24) is 15.1 Å². The van der Waals surface area contributed by atoms with Crippen molar-refractivity contribution in [1.29, 1.82) is 0 Å². The van der Waals surface area contributed by atoms with Gasteiger partial charge in [0.25, 0.3) is 0 Å². The molecule has 1 N–H and O–H groups in total. The molecule has 0 unspecified atom stereocenters. The van der Waals surface area contributed by atoms with Gasteiger partial charge in [0.05, 0.1) is 6.20 Å². The van der Waals surface area contributed by atoms with Gasteiger partial charge in [-0.15, -0.1) is 0 Å². The molecule has 0 radical (unpaired) electrons. The van der Waals surface area contributed by atoms with Crippen LogP contribution in [-0.2, 0) is 13.1 Å². The molecule has 2 aliphatic rings. The average Bonchev–Trinajstić information content (AvgIpc) is 3.10. The van der Waals surface area contributed by atoms with Gasteiger partial charge in [0.2, 0.25) is 0 Å². The second-order valence-corrected chi connectivity index (χ2v) is 5.09. The summed E-state index contributed by atoms with van der Waals surface area (Å²) in [5.41, 5.74) is 1.33. The first-order chi connectivity index (χ1) is 7.40. The lowest BCUT2D eigenvalue weighted by atomic mass is 10.3. The lowest BCUT2D eigenvalue weighted by molar-refractivity contribution is 0.562. The highest BCUT2D eigenvalue weighted by Crippen LogP contribution is 2.30. The molecule has 2 saturated carbocycles. The second-order valence-electron chi connectivity index (χ2n) is 5.09. The quantitative estimate of drug-likeness (QED) is 0.767. The zero-order chi connectivity index (χ0) is 10.1. The number of hydrogen-bond acceptors (Lipinski definition) is 2. The first-order valence-corrected chi connectivity index (χ1v) is 6.12. The van der Waals surface area contributed by atoms with Gasteiger partial charge in [-0.25, -0.2) is 0 Å². The zero-order valence-corrected chi connectivity index (χ0v) is 9.15. The zero-order valence-electron chi connectivity index (χ0n) is 9.15. The van der Waals surface area contributed by atoms with Gasteiger partial charge in [0.15, 0.2) is 0 Å². The van der Waals surface area contributed by atoms with Gasteiger partial charge < -0.3 is 5.32 Å². The molecule has 1 aromatic heterocycles. The van der Waals surface area contributed by atoms with Crippen molar-refractivity contribution < 1.29 is 0 Å². The molecule has 82 valence electrons. The molecule has 3 rings (SSSR count). The fourth-order valence-corrected chi connectivity index (χ4v) is 1.91. The van der Waals surface area contributed by atoms with Crippen LogP contribution in [-0.4, -0.2) is 16.3 Å². The van der Waals surface area contributed by atoms with Crippen LogP contribution >= 0.6 is 0 Å². The van der Waals surface area contributed by atoms with Crippen LogP contribution in [0.25, 0.3) is 0 Å². The van der Waals surface area contributed by atoms with Crippen molar-refractivity contribution in [3.05, 3.63) is 18.0 Å². The van der Waals surface area contributed by atoms with Gasteiger partial charge in [-0.1, -0.05) is 0 Å². The summed E-state index contributed by atoms with van der Waals surface area (Å²) in [7, 11) is 0. The van der Waals surface area contributed by atoms with E-state index in [2.05, 4.69) is 21.3 Å². The molecule has 3 heteroatoms. The van der Waals surface area contributed by atoms with E-state index in [9.17, 15) is 0 Å². The maximum atomic E-state index is 4.39. The van der Waals surface area contributed by atoms with E-state index in [-0.39, 0.29) is 0 Å². The molecule has 0 aliphatic heterocycles. The molecule has 15 heavy (non-hydrogen) atoms. The van der Waals surface area contributed by atoms with Crippen LogP contribution in [0.1, 0.15) is 31.2 Å². The van der Waals surface area contributed by atoms with Crippen LogP contribution in [0.2, 0.25) is 0 Å². The fraction of sp³-hybridized carbons (Fsp3) is 0.750. The highest BCUT2D eigenvalue weighted by molar-refractivity contribution is 5.03. The first-order valence-electron chi connectivity index (χ1n) is 6.12. The first kappa shape index (κ1) is 9.40. The van der Waals surface area contributed by atoms with Crippen LogP contribution in [0.3, 0.4) is 0 Å². The van der Waals surface area contributed by atoms with Crippen molar-refractivity contribution >= 4 is 0 Å². The lowest BCUT2D eigenvalue weighted by Gasteiger charge is -2.00. The molecule has 3 nitrogen and oxygen atoms in total. The van der Waals surface area contributed by atoms with Crippen LogP contribution in [0, 0.1) is 11.8 Å². The van der Waals surface area contributed by atoms with Crippen molar-refractivity contribution in [3.8, 4) is 0 Å². The normalized spacial score (nSPS) is 20.8. The number of aromatic nitrogens is 2. The Hall–Kier alpha value is -0.830. The largest absolute Gasteiger partial charge is 0.312 e. The molecule has 0 saturated heterocycles. The molecular formula is C12H19N3. The standard InChI is InChI=1S/C12H19N3/c1-2-10(1)5-13-6-12-7-14-15(9-12)8-11-3-4-11/h7,9-11,13H,1-6,8H2. The fourth-order valence-electron chi connectivity index (χ4n) is 1.91. The number of nitrogens with zero attached hydrogens (tertiary/aromatic N) is 2. The smallest absolute Gasteiger partial charge is 0.0534 e. The topological polar surface area (TPSA) is 29.9 Å². The van der Waals surface area contributed by atoms with E-state index in [1.54, 1.807) is 0 Å². The predicted octanol–water partition coefficient (Wildman–Crippen LogP) is 1.79. The van der Waals surface area contributed by atoms with Gasteiger partial charge >= 0.3 is 0 Å². The molecule has 0 aromatic carbocycles. The summed E-state index contributed by atoms with van der Waals surface area (Å²) in [5.74, 6) is 1.88. The Kier molecular flexibility index (Phi) is 2.49. The molecular weight excluding hydrogens is 186 g/mol. The van der Waals surface area contributed by atoms with Crippen LogP contribution < -0.4 is 5.32 Å². The summed E-state index contributed by atoms with van der Waals surface area (Å²) >= 11 is 0. The predicted molar refractivity (Wildman–Crippen MR) is 59.4 cm³/mol. The van der Waals surface area contributed by atoms with Gasteiger partial charge in [-0.2, -0.15) is 5.10 Å². The van der Waals surface area contributed by atoms with E-state index in [0.717, 1.165) is 24.9 Å². The van der Waals surface area contributed by atoms with E-state index in [1.807, 2.05) is 6.20 Å². The summed E-state index contributed by atoms with van der Waals surface area (Å²) in [4.78, 5) is 0. The summed E-state index contributed by atoms with van der Waals surface area (Å²) in [5, 5.41) is 7.88. The summed E-state index contributed by atoms with van der Waals surface area (Å²) in [6.07, 6.45) is 9.84. The summed E-state index contributed by atoms with van der Waals surface area (Å²) < 4.78 is 2.10. The molecule has 2 fully saturated rings. The van der Waals surface area contributed by atoms with E-state index in [1.165, 1.54) is 37.8 Å². The van der Waals surface area contributed by atoms with Crippen molar-refractivity contribution in [2.45, 2.75) is 38.8 Å². The Balaban J connectivity index is 1.44. The number of nitrogens with one attached hydrogen (secondary N) is 1. The van der Waals surface area contributed by atoms with E-state index in [0.29, 0.717) is 0 Å². The van der Waals surface area contributed by atoms with Crippen molar-refractivity contribution in [3.63, 3.8) is 0 Å². The summed E-state index contributed by atoms with van der Waals surface area (Å²) in [6, 6.07) is 0. The van der Waals surface area contributed by atoms with Gasteiger partial charge in [0, 0.05) is 24.8 Å². The third-order valence-corrected chi connectivity index (χ3v) is 3.29. The molecule has 0 spiro atoms. The monoisotopic (exact) mass is 205 g/mol. The number of hydrogen-bond donors (Lipinski definition) is 1. The summed E-state index contributed by atoms with van der Waals surface area (Å²) in [6.45, 7) is 3.30. The maximum absolute atomic E-state index is 4.39. The van der Waals surface area contributed by atoms with Crippen LogP contribution in [0.4, 0.5) is 0 Å². The Morgan fingerprint density at radius 1 is 1.27 bits per heavy atom. The molecule has 2 aliphatic carbocycles. The molecule has 1 aromatic rings. The second kappa shape index (κ2) is 3.97. The average molecular weight is 205 g/mol. The lowest BCUT2D eigenvalue weighted by Crippen LogP contribution is -2.15. The minimum Gasteiger partial charge on any atom is -0.312 e. The molecule has 0 atom stereocenters. The molecule has 0 amide bonds. The van der Waals surface area contributed by atoms with Gasteiger partial charge in [0.1, 0.15) is 0 Å². The third kappa shape index (κ3) is 2.81. The van der Waals surface area contributed by atoms with E-state index < -0.39 is 0 Å². The van der Waals surface area contributed by atoms with Crippen LogP contribution in [0.15, 0.2) is 12.4 Å².